The van der Waals surface area contributed by atoms with Gasteiger partial charge >= 0.3 is 7.82 Å². The van der Waals surface area contributed by atoms with Gasteiger partial charge in [-0.2, -0.15) is 0 Å². The lowest BCUT2D eigenvalue weighted by molar-refractivity contribution is 0.0388. The predicted molar refractivity (Wildman–Crippen MR) is 65.8 cm³/mol. The van der Waals surface area contributed by atoms with Gasteiger partial charge in [-0.3, -0.25) is 4.52 Å². The molecule has 0 aromatic carbocycles. The predicted octanol–water partition coefficient (Wildman–Crippen LogP) is 2.83. The van der Waals surface area contributed by atoms with Crippen molar-refractivity contribution >= 4 is 31.0 Å². The van der Waals surface area contributed by atoms with Gasteiger partial charge in [-0.05, 0) is 12.8 Å². The Bertz CT molecular complexity index is 279. The largest absolute Gasteiger partial charge is 0.470 e. The Kier molecular flexibility index (Phi) is 6.87. The molecular weight excluding hydrogens is 274 g/mol. The third kappa shape index (κ3) is 5.00. The second-order valence-electron chi connectivity index (χ2n) is 3.25. The van der Waals surface area contributed by atoms with E-state index in [9.17, 15) is 4.57 Å². The molecule has 16 heavy (non-hydrogen) atoms. The Morgan fingerprint density at radius 3 is 2.06 bits per heavy atom. The lowest BCUT2D eigenvalue weighted by Gasteiger charge is -2.35. The highest BCUT2D eigenvalue weighted by Gasteiger charge is 2.41. The van der Waals surface area contributed by atoms with Crippen LogP contribution < -0.4 is 0 Å². The van der Waals surface area contributed by atoms with Crippen molar-refractivity contribution in [2.24, 2.45) is 0 Å². The van der Waals surface area contributed by atoms with Crippen molar-refractivity contribution in [3.63, 3.8) is 0 Å². The van der Waals surface area contributed by atoms with Crippen LogP contribution in [0.15, 0.2) is 25.3 Å². The zero-order chi connectivity index (χ0) is 12.8. The molecule has 0 heterocycles. The van der Waals surface area contributed by atoms with Gasteiger partial charge in [0.2, 0.25) is 0 Å². The van der Waals surface area contributed by atoms with Crippen LogP contribution in [0.4, 0.5) is 0 Å². The van der Waals surface area contributed by atoms with Crippen LogP contribution in [0.5, 0.6) is 0 Å². The first-order valence-corrected chi connectivity index (χ1v) is 6.99. The van der Waals surface area contributed by atoms with Crippen molar-refractivity contribution in [2.75, 3.05) is 5.88 Å². The lowest BCUT2D eigenvalue weighted by Crippen LogP contribution is -2.41. The van der Waals surface area contributed by atoms with E-state index in [-0.39, 0.29) is 18.7 Å². The zero-order valence-electron chi connectivity index (χ0n) is 8.68. The molecular formula is C9H15Cl2O4P. The summed E-state index contributed by atoms with van der Waals surface area (Å²) in [7, 11) is -4.65. The summed E-state index contributed by atoms with van der Waals surface area (Å²) in [4.78, 5) is 17.7. The van der Waals surface area contributed by atoms with E-state index in [1.807, 2.05) is 0 Å². The summed E-state index contributed by atoms with van der Waals surface area (Å²) < 4.78 is 15.7. The summed E-state index contributed by atoms with van der Waals surface area (Å²) in [5.41, 5.74) is -1.27. The average molecular weight is 289 g/mol. The number of rotatable bonds is 8. The zero-order valence-corrected chi connectivity index (χ0v) is 11.1. The summed E-state index contributed by atoms with van der Waals surface area (Å²) >= 11 is 11.6. The molecule has 1 atom stereocenters. The normalized spacial score (nSPS) is 14.5. The first kappa shape index (κ1) is 16.2. The molecule has 0 aromatic rings. The molecule has 0 radical (unpaired) electrons. The standard InChI is InChI=1S/C9H15Cl2O4P/c1-3-5-9(6-4-2,8(11)7-10)15-16(12,13)14/h3-4,8H,1-2,5-7H2,(H2,12,13,14). The summed E-state index contributed by atoms with van der Waals surface area (Å²) in [6.07, 6.45) is 3.29. The average Bonchev–Trinajstić information content (AvgIpc) is 2.14. The number of hydrogen-bond donors (Lipinski definition) is 2. The minimum Gasteiger partial charge on any atom is -0.303 e. The molecule has 0 aliphatic heterocycles. The quantitative estimate of drug-likeness (QED) is 0.409. The summed E-state index contributed by atoms with van der Waals surface area (Å²) in [5, 5.41) is -0.752. The molecule has 0 fully saturated rings. The number of hydrogen-bond acceptors (Lipinski definition) is 2. The molecule has 4 nitrogen and oxygen atoms in total. The molecule has 0 saturated carbocycles. The second-order valence-corrected chi connectivity index (χ2v) is 5.25. The molecule has 2 N–H and O–H groups in total. The topological polar surface area (TPSA) is 66.8 Å². The molecule has 7 heteroatoms. The maximum Gasteiger partial charge on any atom is 0.470 e. The van der Waals surface area contributed by atoms with Gasteiger partial charge in [-0.25, -0.2) is 4.57 Å². The lowest BCUT2D eigenvalue weighted by atomic mass is 9.92. The molecule has 0 amide bonds. The first-order valence-electron chi connectivity index (χ1n) is 4.49. The number of halogens is 2. The maximum atomic E-state index is 10.9. The van der Waals surface area contributed by atoms with Crippen molar-refractivity contribution in [1.82, 2.24) is 0 Å². The van der Waals surface area contributed by atoms with Crippen molar-refractivity contribution in [3.05, 3.63) is 25.3 Å². The maximum absolute atomic E-state index is 10.9. The third-order valence-electron chi connectivity index (χ3n) is 1.99. The fraction of sp³-hybridized carbons (Fsp3) is 0.556. The van der Waals surface area contributed by atoms with Gasteiger partial charge in [0.05, 0.1) is 5.38 Å². The van der Waals surface area contributed by atoms with Crippen molar-refractivity contribution < 1.29 is 18.9 Å². The fourth-order valence-corrected chi connectivity index (χ4v) is 2.65. The highest BCUT2D eigenvalue weighted by molar-refractivity contribution is 7.46. The minimum atomic E-state index is -4.65. The van der Waals surface area contributed by atoms with E-state index in [1.165, 1.54) is 12.2 Å². The number of phosphoric acid groups is 1. The Morgan fingerprint density at radius 1 is 1.38 bits per heavy atom. The van der Waals surface area contributed by atoms with Crippen LogP contribution in [-0.4, -0.2) is 26.6 Å². The third-order valence-corrected chi connectivity index (χ3v) is 3.61. The van der Waals surface area contributed by atoms with Gasteiger partial charge in [-0.15, -0.1) is 36.4 Å². The van der Waals surface area contributed by atoms with Gasteiger partial charge in [0.15, 0.2) is 0 Å². The molecule has 0 saturated heterocycles. The van der Waals surface area contributed by atoms with E-state index >= 15 is 0 Å². The van der Waals surface area contributed by atoms with E-state index in [4.69, 9.17) is 37.5 Å². The fourth-order valence-electron chi connectivity index (χ4n) is 1.34. The van der Waals surface area contributed by atoms with Gasteiger partial charge < -0.3 is 9.79 Å². The van der Waals surface area contributed by atoms with Gasteiger partial charge in [-0.1, -0.05) is 12.2 Å². The molecule has 0 spiro atoms. The van der Waals surface area contributed by atoms with Crippen LogP contribution in [0.25, 0.3) is 0 Å². The molecule has 0 bridgehead atoms. The van der Waals surface area contributed by atoms with Crippen molar-refractivity contribution in [2.45, 2.75) is 23.8 Å². The van der Waals surface area contributed by atoms with Crippen LogP contribution in [0.3, 0.4) is 0 Å². The van der Waals surface area contributed by atoms with E-state index in [0.717, 1.165) is 0 Å². The molecule has 0 aliphatic rings. The highest BCUT2D eigenvalue weighted by Crippen LogP contribution is 2.47. The van der Waals surface area contributed by atoms with Crippen LogP contribution in [0, 0.1) is 0 Å². The highest BCUT2D eigenvalue weighted by atomic mass is 35.5. The minimum absolute atomic E-state index is 0.00321. The van der Waals surface area contributed by atoms with E-state index < -0.39 is 18.8 Å². The summed E-state index contributed by atoms with van der Waals surface area (Å²) in [6, 6.07) is 0. The van der Waals surface area contributed by atoms with E-state index in [2.05, 4.69) is 13.2 Å². The van der Waals surface area contributed by atoms with Crippen LogP contribution in [0.1, 0.15) is 12.8 Å². The van der Waals surface area contributed by atoms with Crippen LogP contribution >= 0.6 is 31.0 Å². The second kappa shape index (κ2) is 6.80. The van der Waals surface area contributed by atoms with E-state index in [0.29, 0.717) is 0 Å². The summed E-state index contributed by atoms with van der Waals surface area (Å²) in [6.45, 7) is 7.01. The van der Waals surface area contributed by atoms with Gasteiger partial charge in [0.1, 0.15) is 5.60 Å². The molecule has 1 unspecified atom stereocenters. The smallest absolute Gasteiger partial charge is 0.303 e. The number of alkyl halides is 2. The summed E-state index contributed by atoms with van der Waals surface area (Å²) in [5.74, 6) is 0.00321. The number of phosphoric ester groups is 1. The molecule has 0 aliphatic carbocycles. The Morgan fingerprint density at radius 2 is 1.81 bits per heavy atom. The van der Waals surface area contributed by atoms with Crippen LogP contribution in [-0.2, 0) is 9.09 Å². The first-order chi connectivity index (χ1) is 7.31. The molecule has 0 rings (SSSR count). The van der Waals surface area contributed by atoms with E-state index in [1.54, 1.807) is 0 Å². The monoisotopic (exact) mass is 288 g/mol. The van der Waals surface area contributed by atoms with Gasteiger partial charge in [0, 0.05) is 5.88 Å². The Hall–Kier alpha value is 0.170. The Balaban J connectivity index is 5.14. The van der Waals surface area contributed by atoms with Crippen LogP contribution in [0.2, 0.25) is 0 Å². The molecule has 0 aromatic heterocycles. The molecule has 94 valence electrons. The van der Waals surface area contributed by atoms with Crippen molar-refractivity contribution in [1.29, 1.82) is 0 Å². The van der Waals surface area contributed by atoms with Gasteiger partial charge in [0.25, 0.3) is 0 Å². The van der Waals surface area contributed by atoms with Crippen molar-refractivity contribution in [3.8, 4) is 0 Å². The Labute approximate surface area is 105 Å². The SMILES string of the molecule is C=CCC(CC=C)(OP(=O)(O)O)C(Cl)CCl.